The lowest BCUT2D eigenvalue weighted by atomic mass is 10.1. The largest absolute Gasteiger partial charge is 0.478 e. The topological polar surface area (TPSA) is 37.3 Å². The fraction of sp³-hybridized carbons (Fsp3) is 0.222. The van der Waals surface area contributed by atoms with Crippen LogP contribution in [0.25, 0.3) is 0 Å². The van der Waals surface area contributed by atoms with Crippen LogP contribution in [-0.2, 0) is 6.42 Å². The van der Waals surface area contributed by atoms with E-state index in [4.69, 9.17) is 5.11 Å². The van der Waals surface area contributed by atoms with Crippen LogP contribution in [0.15, 0.2) is 24.3 Å². The lowest BCUT2D eigenvalue weighted by Gasteiger charge is -1.98. The Morgan fingerprint density at radius 3 is 2.83 bits per heavy atom. The van der Waals surface area contributed by atoms with E-state index in [0.29, 0.717) is 5.56 Å². The summed E-state index contributed by atoms with van der Waals surface area (Å²) in [5.41, 5.74) is 1.40. The average Bonchev–Trinajstić information content (AvgIpc) is 2.05. The van der Waals surface area contributed by atoms with Gasteiger partial charge in [-0.15, -0.1) is 0 Å². The molecule has 1 N–H and O–H groups in total. The number of hydrogen-bond acceptors (Lipinski definition) is 1. The van der Waals surface area contributed by atoms with E-state index in [2.05, 4.69) is 15.9 Å². The minimum absolute atomic E-state index is 0.355. The molecule has 0 fully saturated rings. The second kappa shape index (κ2) is 4.26. The van der Waals surface area contributed by atoms with Gasteiger partial charge in [0.05, 0.1) is 5.56 Å². The third-order valence-corrected chi connectivity index (χ3v) is 1.95. The number of aromatic carboxylic acids is 1. The Morgan fingerprint density at radius 2 is 2.25 bits per heavy atom. The SMILES string of the molecule is O=C(O)c1cccc(CCBr)c1. The average molecular weight is 229 g/mol. The van der Waals surface area contributed by atoms with Gasteiger partial charge in [-0.3, -0.25) is 0 Å². The van der Waals surface area contributed by atoms with Gasteiger partial charge in [-0.1, -0.05) is 28.1 Å². The molecule has 0 atom stereocenters. The van der Waals surface area contributed by atoms with E-state index in [1.165, 1.54) is 0 Å². The molecule has 0 radical (unpaired) electrons. The lowest BCUT2D eigenvalue weighted by molar-refractivity contribution is 0.0697. The van der Waals surface area contributed by atoms with E-state index in [-0.39, 0.29) is 0 Å². The van der Waals surface area contributed by atoms with E-state index in [0.717, 1.165) is 17.3 Å². The molecule has 2 nitrogen and oxygen atoms in total. The van der Waals surface area contributed by atoms with Crippen LogP contribution in [0.4, 0.5) is 0 Å². The molecule has 0 aliphatic carbocycles. The van der Waals surface area contributed by atoms with Gasteiger partial charge in [-0.2, -0.15) is 0 Å². The highest BCUT2D eigenvalue weighted by Gasteiger charge is 2.01. The highest BCUT2D eigenvalue weighted by Crippen LogP contribution is 2.06. The molecule has 0 amide bonds. The molecular weight excluding hydrogens is 220 g/mol. The summed E-state index contributed by atoms with van der Waals surface area (Å²) in [5.74, 6) is -0.869. The monoisotopic (exact) mass is 228 g/mol. The Morgan fingerprint density at radius 1 is 1.50 bits per heavy atom. The molecule has 64 valence electrons. The van der Waals surface area contributed by atoms with Crippen molar-refractivity contribution < 1.29 is 9.90 Å². The molecule has 0 aliphatic rings. The minimum atomic E-state index is -0.869. The number of carboxylic acids is 1. The molecule has 0 bridgehead atoms. The van der Waals surface area contributed by atoms with E-state index >= 15 is 0 Å². The summed E-state index contributed by atoms with van der Waals surface area (Å²) >= 11 is 3.30. The van der Waals surface area contributed by atoms with Crippen molar-refractivity contribution in [2.24, 2.45) is 0 Å². The maximum absolute atomic E-state index is 10.5. The van der Waals surface area contributed by atoms with Gasteiger partial charge in [0, 0.05) is 5.33 Å². The van der Waals surface area contributed by atoms with Crippen LogP contribution < -0.4 is 0 Å². The summed E-state index contributed by atoms with van der Waals surface area (Å²) in [6.45, 7) is 0. The van der Waals surface area contributed by atoms with Crippen LogP contribution in [0.2, 0.25) is 0 Å². The van der Waals surface area contributed by atoms with Crippen molar-refractivity contribution in [1.29, 1.82) is 0 Å². The number of rotatable bonds is 3. The van der Waals surface area contributed by atoms with Gasteiger partial charge >= 0.3 is 5.97 Å². The first-order valence-corrected chi connectivity index (χ1v) is 4.74. The van der Waals surface area contributed by atoms with Crippen LogP contribution >= 0.6 is 15.9 Å². The normalized spacial score (nSPS) is 9.75. The van der Waals surface area contributed by atoms with Crippen molar-refractivity contribution >= 4 is 21.9 Å². The van der Waals surface area contributed by atoms with Gasteiger partial charge in [0.1, 0.15) is 0 Å². The van der Waals surface area contributed by atoms with E-state index in [9.17, 15) is 4.79 Å². The molecule has 1 aromatic carbocycles. The Labute approximate surface area is 79.3 Å². The molecule has 1 aromatic rings. The van der Waals surface area contributed by atoms with Gasteiger partial charge < -0.3 is 5.11 Å². The highest BCUT2D eigenvalue weighted by atomic mass is 79.9. The maximum atomic E-state index is 10.5. The number of carboxylic acid groups (broad SMARTS) is 1. The van der Waals surface area contributed by atoms with Crippen LogP contribution in [0.1, 0.15) is 15.9 Å². The molecule has 3 heteroatoms. The standard InChI is InChI=1S/C9H9BrO2/c10-5-4-7-2-1-3-8(6-7)9(11)12/h1-3,6H,4-5H2,(H,11,12). The lowest BCUT2D eigenvalue weighted by Crippen LogP contribution is -1.97. The second-order valence-electron chi connectivity index (χ2n) is 2.44. The molecule has 12 heavy (non-hydrogen) atoms. The van der Waals surface area contributed by atoms with Crippen molar-refractivity contribution in [1.82, 2.24) is 0 Å². The van der Waals surface area contributed by atoms with Crippen molar-refractivity contribution in [2.75, 3.05) is 5.33 Å². The molecule has 0 spiro atoms. The zero-order valence-corrected chi connectivity index (χ0v) is 8.04. The Kier molecular flexibility index (Phi) is 3.29. The van der Waals surface area contributed by atoms with Gasteiger partial charge in [0.25, 0.3) is 0 Å². The molecule has 1 rings (SSSR count). The van der Waals surface area contributed by atoms with Crippen molar-refractivity contribution in [3.63, 3.8) is 0 Å². The summed E-state index contributed by atoms with van der Waals surface area (Å²) in [7, 11) is 0. The number of benzene rings is 1. The minimum Gasteiger partial charge on any atom is -0.478 e. The first-order valence-electron chi connectivity index (χ1n) is 3.62. The number of carbonyl (C=O) groups is 1. The first kappa shape index (κ1) is 9.26. The van der Waals surface area contributed by atoms with Gasteiger partial charge in [0.15, 0.2) is 0 Å². The summed E-state index contributed by atoms with van der Waals surface area (Å²) in [4.78, 5) is 10.5. The number of aryl methyl sites for hydroxylation is 1. The fourth-order valence-corrected chi connectivity index (χ4v) is 1.43. The summed E-state index contributed by atoms with van der Waals surface area (Å²) < 4.78 is 0. The maximum Gasteiger partial charge on any atom is 0.335 e. The molecule has 0 aliphatic heterocycles. The second-order valence-corrected chi connectivity index (χ2v) is 3.24. The van der Waals surface area contributed by atoms with Crippen molar-refractivity contribution in [3.05, 3.63) is 35.4 Å². The van der Waals surface area contributed by atoms with Gasteiger partial charge in [-0.05, 0) is 24.1 Å². The van der Waals surface area contributed by atoms with E-state index < -0.39 is 5.97 Å². The quantitative estimate of drug-likeness (QED) is 0.807. The summed E-state index contributed by atoms with van der Waals surface area (Å²) in [5, 5.41) is 9.52. The zero-order chi connectivity index (χ0) is 8.97. The van der Waals surface area contributed by atoms with Crippen LogP contribution in [0.5, 0.6) is 0 Å². The highest BCUT2D eigenvalue weighted by molar-refractivity contribution is 9.09. The molecule has 0 saturated carbocycles. The Bertz CT molecular complexity index is 284. The zero-order valence-electron chi connectivity index (χ0n) is 6.46. The summed E-state index contributed by atoms with van der Waals surface area (Å²) in [6, 6.07) is 6.98. The summed E-state index contributed by atoms with van der Waals surface area (Å²) in [6.07, 6.45) is 0.862. The number of hydrogen-bond donors (Lipinski definition) is 1. The van der Waals surface area contributed by atoms with Crippen LogP contribution in [-0.4, -0.2) is 16.4 Å². The Hall–Kier alpha value is -0.830. The van der Waals surface area contributed by atoms with Gasteiger partial charge in [0.2, 0.25) is 0 Å². The van der Waals surface area contributed by atoms with Gasteiger partial charge in [-0.25, -0.2) is 4.79 Å². The molecule has 0 aromatic heterocycles. The predicted molar refractivity (Wildman–Crippen MR) is 50.9 cm³/mol. The van der Waals surface area contributed by atoms with Crippen molar-refractivity contribution in [3.8, 4) is 0 Å². The predicted octanol–water partition coefficient (Wildman–Crippen LogP) is 2.32. The van der Waals surface area contributed by atoms with E-state index in [1.807, 2.05) is 6.07 Å². The molecule has 0 heterocycles. The molecule has 0 unspecified atom stereocenters. The first-order chi connectivity index (χ1) is 5.74. The third-order valence-electron chi connectivity index (χ3n) is 1.56. The number of alkyl halides is 1. The number of halogens is 1. The smallest absolute Gasteiger partial charge is 0.335 e. The Balaban J connectivity index is 2.88. The van der Waals surface area contributed by atoms with E-state index in [1.54, 1.807) is 18.2 Å². The van der Waals surface area contributed by atoms with Crippen molar-refractivity contribution in [2.45, 2.75) is 6.42 Å². The van der Waals surface area contributed by atoms with Crippen LogP contribution in [0, 0.1) is 0 Å². The molecule has 0 saturated heterocycles. The van der Waals surface area contributed by atoms with Crippen LogP contribution in [0.3, 0.4) is 0 Å². The fourth-order valence-electron chi connectivity index (χ4n) is 0.969. The third kappa shape index (κ3) is 2.34. The molecular formula is C9H9BrO2.